The van der Waals surface area contributed by atoms with Crippen molar-refractivity contribution in [1.82, 2.24) is 0 Å². The van der Waals surface area contributed by atoms with Crippen molar-refractivity contribution in [3.05, 3.63) is 22.2 Å². The van der Waals surface area contributed by atoms with Gasteiger partial charge in [-0.1, -0.05) is 52.6 Å². The van der Waals surface area contributed by atoms with Gasteiger partial charge < -0.3 is 9.47 Å². The van der Waals surface area contributed by atoms with Crippen LogP contribution in [0.3, 0.4) is 0 Å². The summed E-state index contributed by atoms with van der Waals surface area (Å²) in [5, 5.41) is 0. The topological polar surface area (TPSA) is 18.5 Å². The monoisotopic (exact) mass is 378 g/mol. The SMILES string of the molecule is CCC(C)(C)C(Br)c1cc(OC)c(OC)cc1Br. The zero-order chi connectivity index (χ0) is 13.9. The van der Waals surface area contributed by atoms with Crippen LogP contribution in [0.25, 0.3) is 0 Å². The van der Waals surface area contributed by atoms with Crippen LogP contribution in [-0.4, -0.2) is 14.2 Å². The molecule has 1 rings (SSSR count). The molecule has 0 fully saturated rings. The molecule has 1 aromatic rings. The molecule has 0 saturated carbocycles. The normalized spacial score (nSPS) is 13.3. The molecule has 0 bridgehead atoms. The van der Waals surface area contributed by atoms with Gasteiger partial charge in [0.25, 0.3) is 0 Å². The number of methoxy groups -OCH3 is 2. The summed E-state index contributed by atoms with van der Waals surface area (Å²) in [5.41, 5.74) is 1.35. The molecule has 0 heterocycles. The van der Waals surface area contributed by atoms with Gasteiger partial charge in [-0.15, -0.1) is 0 Å². The molecule has 1 unspecified atom stereocenters. The standard InChI is InChI=1S/C14H20Br2O2/c1-6-14(2,3)13(16)9-7-11(17-4)12(18-5)8-10(9)15/h7-8,13H,6H2,1-5H3. The van der Waals surface area contributed by atoms with E-state index in [0.29, 0.717) is 0 Å². The Kier molecular flexibility index (Phi) is 5.53. The van der Waals surface area contributed by atoms with Gasteiger partial charge in [0.05, 0.1) is 14.2 Å². The second kappa shape index (κ2) is 6.29. The molecule has 0 saturated heterocycles. The maximum absolute atomic E-state index is 5.36. The second-order valence-electron chi connectivity index (χ2n) is 4.93. The van der Waals surface area contributed by atoms with E-state index in [4.69, 9.17) is 9.47 Å². The molecule has 102 valence electrons. The van der Waals surface area contributed by atoms with Crippen molar-refractivity contribution in [3.63, 3.8) is 0 Å². The van der Waals surface area contributed by atoms with E-state index in [1.54, 1.807) is 14.2 Å². The van der Waals surface area contributed by atoms with E-state index >= 15 is 0 Å². The molecule has 0 amide bonds. The molecule has 0 N–H and O–H groups in total. The number of benzene rings is 1. The maximum atomic E-state index is 5.36. The number of hydrogen-bond donors (Lipinski definition) is 0. The fourth-order valence-corrected chi connectivity index (χ4v) is 3.23. The predicted molar refractivity (Wildman–Crippen MR) is 83.0 cm³/mol. The number of alkyl halides is 1. The molecular formula is C14H20Br2O2. The molecule has 1 aromatic carbocycles. The van der Waals surface area contributed by atoms with E-state index in [2.05, 4.69) is 52.6 Å². The van der Waals surface area contributed by atoms with Gasteiger partial charge in [0.15, 0.2) is 11.5 Å². The van der Waals surface area contributed by atoms with Gasteiger partial charge in [0.1, 0.15) is 0 Å². The Morgan fingerprint density at radius 1 is 1.17 bits per heavy atom. The van der Waals surface area contributed by atoms with E-state index in [9.17, 15) is 0 Å². The Bertz CT molecular complexity index is 417. The Morgan fingerprint density at radius 2 is 1.67 bits per heavy atom. The minimum atomic E-state index is 0.169. The average molecular weight is 380 g/mol. The molecule has 4 heteroatoms. The summed E-state index contributed by atoms with van der Waals surface area (Å²) >= 11 is 7.41. The lowest BCUT2D eigenvalue weighted by Gasteiger charge is -2.30. The second-order valence-corrected chi connectivity index (χ2v) is 6.70. The summed E-state index contributed by atoms with van der Waals surface area (Å²) in [6.45, 7) is 6.69. The summed E-state index contributed by atoms with van der Waals surface area (Å²) < 4.78 is 11.7. The Labute approximate surface area is 126 Å². The number of ether oxygens (including phenoxy) is 2. The quantitative estimate of drug-likeness (QED) is 0.643. The highest BCUT2D eigenvalue weighted by Gasteiger charge is 2.29. The Balaban J connectivity index is 3.25. The van der Waals surface area contributed by atoms with Crippen molar-refractivity contribution < 1.29 is 9.47 Å². The summed E-state index contributed by atoms with van der Waals surface area (Å²) in [5.74, 6) is 1.49. The van der Waals surface area contributed by atoms with Crippen LogP contribution in [0, 0.1) is 5.41 Å². The van der Waals surface area contributed by atoms with Gasteiger partial charge in [-0.25, -0.2) is 0 Å². The van der Waals surface area contributed by atoms with Gasteiger partial charge >= 0.3 is 0 Å². The van der Waals surface area contributed by atoms with Crippen LogP contribution in [0.5, 0.6) is 11.5 Å². The van der Waals surface area contributed by atoms with Crippen molar-refractivity contribution in [3.8, 4) is 11.5 Å². The van der Waals surface area contributed by atoms with Crippen LogP contribution in [0.4, 0.5) is 0 Å². The van der Waals surface area contributed by atoms with Gasteiger partial charge in [0, 0.05) is 9.30 Å². The lowest BCUT2D eigenvalue weighted by atomic mass is 9.83. The lowest BCUT2D eigenvalue weighted by Crippen LogP contribution is -2.17. The van der Waals surface area contributed by atoms with Crippen LogP contribution in [0.15, 0.2) is 16.6 Å². The third-order valence-electron chi connectivity index (χ3n) is 3.37. The number of halogens is 2. The molecule has 18 heavy (non-hydrogen) atoms. The molecule has 0 aliphatic rings. The first-order valence-corrected chi connectivity index (χ1v) is 7.63. The molecule has 2 nitrogen and oxygen atoms in total. The van der Waals surface area contributed by atoms with Crippen molar-refractivity contribution >= 4 is 31.9 Å². The smallest absolute Gasteiger partial charge is 0.161 e. The average Bonchev–Trinajstić information content (AvgIpc) is 2.37. The van der Waals surface area contributed by atoms with E-state index in [-0.39, 0.29) is 10.2 Å². The fourth-order valence-electron chi connectivity index (χ4n) is 1.66. The number of hydrogen-bond acceptors (Lipinski definition) is 2. The third-order valence-corrected chi connectivity index (χ3v) is 5.79. The van der Waals surface area contributed by atoms with Crippen LogP contribution >= 0.6 is 31.9 Å². The highest BCUT2D eigenvalue weighted by molar-refractivity contribution is 9.11. The highest BCUT2D eigenvalue weighted by atomic mass is 79.9. The van der Waals surface area contributed by atoms with Crippen molar-refractivity contribution in [2.45, 2.75) is 32.0 Å². The first kappa shape index (κ1) is 15.8. The zero-order valence-electron chi connectivity index (χ0n) is 11.5. The van der Waals surface area contributed by atoms with Gasteiger partial charge in [-0.3, -0.25) is 0 Å². The summed E-state index contributed by atoms with van der Waals surface area (Å²) in [7, 11) is 3.30. The first-order valence-electron chi connectivity index (χ1n) is 5.92. The minimum absolute atomic E-state index is 0.169. The van der Waals surface area contributed by atoms with Gasteiger partial charge in [0.2, 0.25) is 0 Å². The third kappa shape index (κ3) is 3.21. The predicted octanol–water partition coefficient (Wildman–Crippen LogP) is 5.34. The number of rotatable bonds is 5. The van der Waals surface area contributed by atoms with Crippen molar-refractivity contribution in [2.24, 2.45) is 5.41 Å². The lowest BCUT2D eigenvalue weighted by molar-refractivity contribution is 0.339. The summed E-state index contributed by atoms with van der Waals surface area (Å²) in [6, 6.07) is 3.98. The van der Waals surface area contributed by atoms with E-state index in [1.807, 2.05) is 12.1 Å². The largest absolute Gasteiger partial charge is 0.493 e. The Morgan fingerprint density at radius 3 is 2.11 bits per heavy atom. The van der Waals surface area contributed by atoms with Gasteiger partial charge in [-0.05, 0) is 29.5 Å². The molecule has 0 spiro atoms. The molecule has 0 aromatic heterocycles. The van der Waals surface area contributed by atoms with E-state index < -0.39 is 0 Å². The van der Waals surface area contributed by atoms with Gasteiger partial charge in [-0.2, -0.15) is 0 Å². The van der Waals surface area contributed by atoms with Crippen LogP contribution in [0.1, 0.15) is 37.6 Å². The molecule has 1 atom stereocenters. The maximum Gasteiger partial charge on any atom is 0.161 e. The van der Waals surface area contributed by atoms with E-state index in [1.165, 1.54) is 5.56 Å². The van der Waals surface area contributed by atoms with Crippen LogP contribution in [0.2, 0.25) is 0 Å². The van der Waals surface area contributed by atoms with Crippen molar-refractivity contribution in [2.75, 3.05) is 14.2 Å². The van der Waals surface area contributed by atoms with Crippen molar-refractivity contribution in [1.29, 1.82) is 0 Å². The Hall–Kier alpha value is -0.220. The van der Waals surface area contributed by atoms with Crippen LogP contribution in [-0.2, 0) is 0 Å². The zero-order valence-corrected chi connectivity index (χ0v) is 14.7. The summed E-state index contributed by atoms with van der Waals surface area (Å²) in [6.07, 6.45) is 1.09. The molecular weight excluding hydrogens is 360 g/mol. The first-order chi connectivity index (χ1) is 8.37. The van der Waals surface area contributed by atoms with E-state index in [0.717, 1.165) is 22.4 Å². The molecule has 0 radical (unpaired) electrons. The van der Waals surface area contributed by atoms with Crippen LogP contribution < -0.4 is 9.47 Å². The minimum Gasteiger partial charge on any atom is -0.493 e. The highest BCUT2D eigenvalue weighted by Crippen LogP contribution is 2.47. The fraction of sp³-hybridized carbons (Fsp3) is 0.571. The molecule has 0 aliphatic carbocycles. The molecule has 0 aliphatic heterocycles. The summed E-state index contributed by atoms with van der Waals surface area (Å²) in [4.78, 5) is 0.254.